The van der Waals surface area contributed by atoms with Crippen LogP contribution in [0.2, 0.25) is 0 Å². The number of aromatic nitrogens is 1. The summed E-state index contributed by atoms with van der Waals surface area (Å²) in [4.78, 5) is 15.5. The number of pyridine rings is 1. The number of nitrogens with two attached hydrogens (primary N) is 1. The zero-order valence-electron chi connectivity index (χ0n) is 12.4. The van der Waals surface area contributed by atoms with Crippen LogP contribution >= 0.6 is 0 Å². The van der Waals surface area contributed by atoms with Crippen molar-refractivity contribution in [3.05, 3.63) is 17.8 Å². The predicted molar refractivity (Wildman–Crippen MR) is 75.7 cm³/mol. The third kappa shape index (κ3) is 2.51. The van der Waals surface area contributed by atoms with Crippen molar-refractivity contribution in [3.8, 4) is 0 Å². The summed E-state index contributed by atoms with van der Waals surface area (Å²) in [6.45, 7) is 7.83. The molecule has 6 nitrogen and oxygen atoms in total. The smallest absolute Gasteiger partial charge is 0.464 e. The first-order valence-electron chi connectivity index (χ1n) is 6.38. The Bertz CT molecular complexity index is 529. The average molecular weight is 278 g/mol. The Labute approximate surface area is 118 Å². The van der Waals surface area contributed by atoms with Crippen LogP contribution in [-0.4, -0.2) is 36.4 Å². The van der Waals surface area contributed by atoms with E-state index in [2.05, 4.69) is 9.72 Å². The minimum Gasteiger partial charge on any atom is -0.464 e. The van der Waals surface area contributed by atoms with Gasteiger partial charge in [0, 0.05) is 0 Å². The van der Waals surface area contributed by atoms with Crippen LogP contribution < -0.4 is 11.2 Å². The highest BCUT2D eigenvalue weighted by molar-refractivity contribution is 6.62. The molecule has 2 heterocycles. The number of esters is 1. The van der Waals surface area contributed by atoms with Gasteiger partial charge in [0.1, 0.15) is 11.5 Å². The number of rotatable bonds is 2. The molecule has 2 N–H and O–H groups in total. The molecule has 1 aromatic heterocycles. The molecular formula is C13H19BN2O4. The highest BCUT2D eigenvalue weighted by atomic mass is 16.7. The first-order chi connectivity index (χ1) is 9.16. The van der Waals surface area contributed by atoms with E-state index in [4.69, 9.17) is 15.0 Å². The maximum absolute atomic E-state index is 11.6. The number of hydrogen-bond donors (Lipinski definition) is 1. The molecule has 1 saturated heterocycles. The van der Waals surface area contributed by atoms with Gasteiger partial charge in [0.2, 0.25) is 0 Å². The Morgan fingerprint density at radius 3 is 2.30 bits per heavy atom. The van der Waals surface area contributed by atoms with Crippen LogP contribution in [0.5, 0.6) is 0 Å². The lowest BCUT2D eigenvalue weighted by atomic mass is 9.79. The summed E-state index contributed by atoms with van der Waals surface area (Å²) >= 11 is 0. The highest BCUT2D eigenvalue weighted by Crippen LogP contribution is 2.36. The van der Waals surface area contributed by atoms with Gasteiger partial charge in [0.15, 0.2) is 0 Å². The average Bonchev–Trinajstić information content (AvgIpc) is 2.57. The molecule has 1 aromatic rings. The summed E-state index contributed by atoms with van der Waals surface area (Å²) in [7, 11) is 0.704. The van der Waals surface area contributed by atoms with Gasteiger partial charge >= 0.3 is 13.1 Å². The second-order valence-electron chi connectivity index (χ2n) is 5.79. The van der Waals surface area contributed by atoms with Gasteiger partial charge in [-0.05, 0) is 45.3 Å². The predicted octanol–water partition coefficient (Wildman–Crippen LogP) is 0.750. The SMILES string of the molecule is COC(=O)c1cc(B2OC(C)(C)C(C)(C)O2)cc(N)n1. The van der Waals surface area contributed by atoms with E-state index in [1.807, 2.05) is 27.7 Å². The molecule has 1 aliphatic rings. The van der Waals surface area contributed by atoms with E-state index >= 15 is 0 Å². The van der Waals surface area contributed by atoms with E-state index in [1.54, 1.807) is 12.1 Å². The van der Waals surface area contributed by atoms with Gasteiger partial charge in [-0.2, -0.15) is 0 Å². The molecule has 0 saturated carbocycles. The van der Waals surface area contributed by atoms with Crippen molar-refractivity contribution in [2.45, 2.75) is 38.9 Å². The van der Waals surface area contributed by atoms with Crippen molar-refractivity contribution in [2.24, 2.45) is 0 Å². The Kier molecular flexibility index (Phi) is 3.52. The summed E-state index contributed by atoms with van der Waals surface area (Å²) in [6.07, 6.45) is 0. The van der Waals surface area contributed by atoms with Crippen molar-refractivity contribution in [2.75, 3.05) is 12.8 Å². The van der Waals surface area contributed by atoms with Gasteiger partial charge in [-0.25, -0.2) is 9.78 Å². The monoisotopic (exact) mass is 278 g/mol. The van der Waals surface area contributed by atoms with Crippen LogP contribution in [0.1, 0.15) is 38.2 Å². The molecule has 20 heavy (non-hydrogen) atoms. The lowest BCUT2D eigenvalue weighted by Gasteiger charge is -2.32. The standard InChI is InChI=1S/C13H19BN2O4/c1-12(2)13(3,4)20-14(19-12)8-6-9(11(17)18-5)16-10(15)7-8/h6-7H,1-5H3,(H2,15,16). The topological polar surface area (TPSA) is 83.7 Å². The molecule has 0 aromatic carbocycles. The number of nitrogen functional groups attached to an aromatic ring is 1. The molecule has 1 fully saturated rings. The quantitative estimate of drug-likeness (QED) is 0.635. The van der Waals surface area contributed by atoms with E-state index in [-0.39, 0.29) is 11.5 Å². The summed E-state index contributed by atoms with van der Waals surface area (Å²) in [5.74, 6) is -0.326. The molecular weight excluding hydrogens is 259 g/mol. The zero-order valence-corrected chi connectivity index (χ0v) is 12.4. The maximum Gasteiger partial charge on any atom is 0.495 e. The number of nitrogens with zero attached hydrogens (tertiary/aromatic N) is 1. The van der Waals surface area contributed by atoms with E-state index in [0.29, 0.717) is 5.46 Å². The third-order valence-electron chi connectivity index (χ3n) is 3.79. The van der Waals surface area contributed by atoms with Crippen molar-refractivity contribution >= 4 is 24.4 Å². The Morgan fingerprint density at radius 1 is 1.25 bits per heavy atom. The number of methoxy groups -OCH3 is 1. The van der Waals surface area contributed by atoms with Gasteiger partial charge in [-0.1, -0.05) is 0 Å². The van der Waals surface area contributed by atoms with E-state index in [1.165, 1.54) is 7.11 Å². The normalized spacial score (nSPS) is 19.9. The van der Waals surface area contributed by atoms with Crippen molar-refractivity contribution in [1.82, 2.24) is 4.98 Å². The fourth-order valence-corrected chi connectivity index (χ4v) is 1.90. The molecule has 2 rings (SSSR count). The second-order valence-corrected chi connectivity index (χ2v) is 5.79. The van der Waals surface area contributed by atoms with Crippen molar-refractivity contribution in [1.29, 1.82) is 0 Å². The number of carbonyl (C=O) groups is 1. The number of hydrogen-bond acceptors (Lipinski definition) is 6. The van der Waals surface area contributed by atoms with Crippen molar-refractivity contribution in [3.63, 3.8) is 0 Å². The van der Waals surface area contributed by atoms with E-state index in [9.17, 15) is 4.79 Å². The molecule has 7 heteroatoms. The van der Waals surface area contributed by atoms with Gasteiger partial charge in [0.25, 0.3) is 0 Å². The number of anilines is 1. The first kappa shape index (κ1) is 14.8. The van der Waals surface area contributed by atoms with Gasteiger partial charge < -0.3 is 19.8 Å². The molecule has 0 spiro atoms. The van der Waals surface area contributed by atoms with Gasteiger partial charge in [-0.15, -0.1) is 0 Å². The van der Waals surface area contributed by atoms with Crippen LogP contribution in [-0.2, 0) is 14.0 Å². The van der Waals surface area contributed by atoms with Crippen LogP contribution in [0.25, 0.3) is 0 Å². The molecule has 0 unspecified atom stereocenters. The minimum absolute atomic E-state index is 0.136. The summed E-state index contributed by atoms with van der Waals surface area (Å²) in [5.41, 5.74) is 5.60. The lowest BCUT2D eigenvalue weighted by molar-refractivity contribution is 0.00578. The molecule has 0 amide bonds. The summed E-state index contributed by atoms with van der Waals surface area (Å²) < 4.78 is 16.5. The molecule has 0 radical (unpaired) electrons. The van der Waals surface area contributed by atoms with Crippen LogP contribution in [0.3, 0.4) is 0 Å². The number of carbonyl (C=O) groups excluding carboxylic acids is 1. The van der Waals surface area contributed by atoms with E-state index in [0.717, 1.165) is 0 Å². The van der Waals surface area contributed by atoms with Crippen LogP contribution in [0.4, 0.5) is 5.82 Å². The third-order valence-corrected chi connectivity index (χ3v) is 3.79. The largest absolute Gasteiger partial charge is 0.495 e. The Hall–Kier alpha value is -1.60. The van der Waals surface area contributed by atoms with Crippen LogP contribution in [0, 0.1) is 0 Å². The minimum atomic E-state index is -0.589. The summed E-state index contributed by atoms with van der Waals surface area (Å²) in [6, 6.07) is 3.21. The fourth-order valence-electron chi connectivity index (χ4n) is 1.90. The van der Waals surface area contributed by atoms with Crippen LogP contribution in [0.15, 0.2) is 12.1 Å². The first-order valence-corrected chi connectivity index (χ1v) is 6.38. The molecule has 0 bridgehead atoms. The summed E-state index contributed by atoms with van der Waals surface area (Å²) in [5, 5.41) is 0. The number of ether oxygens (including phenoxy) is 1. The second kappa shape index (κ2) is 4.75. The molecule has 108 valence electrons. The molecule has 0 atom stereocenters. The zero-order chi connectivity index (χ0) is 15.1. The lowest BCUT2D eigenvalue weighted by Crippen LogP contribution is -2.41. The Morgan fingerprint density at radius 2 is 1.80 bits per heavy atom. The Balaban J connectivity index is 2.35. The van der Waals surface area contributed by atoms with E-state index < -0.39 is 24.3 Å². The maximum atomic E-state index is 11.6. The van der Waals surface area contributed by atoms with Gasteiger partial charge in [-0.3, -0.25) is 0 Å². The van der Waals surface area contributed by atoms with Gasteiger partial charge in [0.05, 0.1) is 18.3 Å². The van der Waals surface area contributed by atoms with Crippen molar-refractivity contribution < 1.29 is 18.8 Å². The molecule has 0 aliphatic carbocycles. The molecule has 1 aliphatic heterocycles. The fraction of sp³-hybridized carbons (Fsp3) is 0.538. The highest BCUT2D eigenvalue weighted by Gasteiger charge is 2.51.